The van der Waals surface area contributed by atoms with E-state index in [1.54, 1.807) is 29.2 Å². The molecule has 6 heteroatoms. The molecule has 1 aliphatic carbocycles. The predicted octanol–water partition coefficient (Wildman–Crippen LogP) is 2.67. The number of anilines is 1. The van der Waals surface area contributed by atoms with Crippen molar-refractivity contribution in [2.45, 2.75) is 13.3 Å². The molecule has 1 heterocycles. The predicted molar refractivity (Wildman–Crippen MR) is 85.9 cm³/mol. The number of carbonyl (C=O) groups excluding carboxylic acids is 2. The van der Waals surface area contributed by atoms with E-state index in [0.29, 0.717) is 42.8 Å². The Kier molecular flexibility index (Phi) is 4.25. The van der Waals surface area contributed by atoms with E-state index in [0.717, 1.165) is 6.42 Å². The number of urea groups is 1. The maximum Gasteiger partial charge on any atom is 0.321 e. The number of piperazine rings is 1. The Morgan fingerprint density at radius 2 is 1.82 bits per heavy atom. The quantitative estimate of drug-likeness (QED) is 0.910. The molecule has 0 aromatic heterocycles. The summed E-state index contributed by atoms with van der Waals surface area (Å²) in [6, 6.07) is 6.94. The van der Waals surface area contributed by atoms with Crippen LogP contribution in [0.2, 0.25) is 5.02 Å². The average Bonchev–Trinajstić information content (AvgIpc) is 3.23. The van der Waals surface area contributed by atoms with Crippen molar-refractivity contribution in [3.05, 3.63) is 29.3 Å². The van der Waals surface area contributed by atoms with Gasteiger partial charge in [0, 0.05) is 42.8 Å². The smallest absolute Gasteiger partial charge is 0.321 e. The Labute approximate surface area is 135 Å². The van der Waals surface area contributed by atoms with Crippen LogP contribution in [0.4, 0.5) is 10.5 Å². The van der Waals surface area contributed by atoms with Crippen molar-refractivity contribution in [2.75, 3.05) is 31.5 Å². The molecule has 2 aliphatic rings. The third kappa shape index (κ3) is 3.35. The molecule has 22 heavy (non-hydrogen) atoms. The minimum Gasteiger partial charge on any atom is -0.339 e. The molecule has 1 aromatic rings. The molecule has 1 saturated carbocycles. The van der Waals surface area contributed by atoms with E-state index in [9.17, 15) is 9.59 Å². The first-order valence-electron chi connectivity index (χ1n) is 7.65. The Bertz CT molecular complexity index is 585. The van der Waals surface area contributed by atoms with Crippen molar-refractivity contribution >= 4 is 29.2 Å². The van der Waals surface area contributed by atoms with Crippen molar-refractivity contribution < 1.29 is 9.59 Å². The number of rotatable bonds is 2. The summed E-state index contributed by atoms with van der Waals surface area (Å²) in [4.78, 5) is 28.0. The molecule has 2 atom stereocenters. The molecule has 1 N–H and O–H groups in total. The minimum atomic E-state index is -0.144. The van der Waals surface area contributed by atoms with Gasteiger partial charge < -0.3 is 15.1 Å². The molecule has 0 radical (unpaired) electrons. The zero-order valence-corrected chi connectivity index (χ0v) is 13.3. The van der Waals surface area contributed by atoms with E-state index in [-0.39, 0.29) is 17.9 Å². The van der Waals surface area contributed by atoms with Crippen LogP contribution in [-0.4, -0.2) is 47.9 Å². The molecular formula is C16H20ClN3O2. The van der Waals surface area contributed by atoms with E-state index in [1.807, 2.05) is 4.90 Å². The van der Waals surface area contributed by atoms with Gasteiger partial charge in [0.05, 0.1) is 0 Å². The van der Waals surface area contributed by atoms with Gasteiger partial charge in [0.2, 0.25) is 5.91 Å². The van der Waals surface area contributed by atoms with Gasteiger partial charge in [-0.3, -0.25) is 4.79 Å². The van der Waals surface area contributed by atoms with Gasteiger partial charge in [-0.15, -0.1) is 0 Å². The number of hydrogen-bond donors (Lipinski definition) is 1. The maximum absolute atomic E-state index is 12.2. The third-order valence-electron chi connectivity index (χ3n) is 4.38. The highest BCUT2D eigenvalue weighted by molar-refractivity contribution is 6.30. The van der Waals surface area contributed by atoms with Crippen LogP contribution in [0.3, 0.4) is 0 Å². The Balaban J connectivity index is 1.50. The second-order valence-electron chi connectivity index (χ2n) is 6.07. The Morgan fingerprint density at radius 1 is 1.18 bits per heavy atom. The zero-order chi connectivity index (χ0) is 15.7. The summed E-state index contributed by atoms with van der Waals surface area (Å²) in [6.07, 6.45) is 1.01. The molecule has 3 rings (SSSR count). The second-order valence-corrected chi connectivity index (χ2v) is 6.51. The van der Waals surface area contributed by atoms with Crippen molar-refractivity contribution in [2.24, 2.45) is 11.8 Å². The summed E-state index contributed by atoms with van der Waals surface area (Å²) in [7, 11) is 0. The van der Waals surface area contributed by atoms with E-state index in [1.165, 1.54) is 0 Å². The molecule has 3 amide bonds. The van der Waals surface area contributed by atoms with E-state index in [4.69, 9.17) is 11.6 Å². The van der Waals surface area contributed by atoms with Gasteiger partial charge >= 0.3 is 6.03 Å². The van der Waals surface area contributed by atoms with Gasteiger partial charge in [-0.2, -0.15) is 0 Å². The number of halogens is 1. The first kappa shape index (κ1) is 15.2. The fourth-order valence-electron chi connectivity index (χ4n) is 2.80. The lowest BCUT2D eigenvalue weighted by atomic mass is 10.2. The lowest BCUT2D eigenvalue weighted by Gasteiger charge is -2.35. The fourth-order valence-corrected chi connectivity index (χ4v) is 2.99. The lowest BCUT2D eigenvalue weighted by Crippen LogP contribution is -2.52. The average molecular weight is 322 g/mol. The van der Waals surface area contributed by atoms with Crippen LogP contribution < -0.4 is 5.32 Å². The number of amides is 3. The van der Waals surface area contributed by atoms with Crippen LogP contribution in [-0.2, 0) is 4.79 Å². The standard InChI is InChI=1S/C16H20ClN3O2/c1-11-9-14(11)15(21)19-5-7-20(8-6-19)16(22)18-13-4-2-3-12(17)10-13/h2-4,10-11,14H,5-9H2,1H3,(H,18,22). The van der Waals surface area contributed by atoms with Crippen molar-refractivity contribution in [3.8, 4) is 0 Å². The van der Waals surface area contributed by atoms with Gasteiger partial charge in [-0.1, -0.05) is 24.6 Å². The minimum absolute atomic E-state index is 0.144. The lowest BCUT2D eigenvalue weighted by molar-refractivity contribution is -0.134. The number of nitrogens with zero attached hydrogens (tertiary/aromatic N) is 2. The van der Waals surface area contributed by atoms with Crippen molar-refractivity contribution in [1.82, 2.24) is 9.80 Å². The molecule has 0 bridgehead atoms. The van der Waals surface area contributed by atoms with Crippen molar-refractivity contribution in [1.29, 1.82) is 0 Å². The van der Waals surface area contributed by atoms with Gasteiger partial charge in [-0.05, 0) is 30.5 Å². The van der Waals surface area contributed by atoms with Crippen LogP contribution >= 0.6 is 11.6 Å². The fraction of sp³-hybridized carbons (Fsp3) is 0.500. The number of hydrogen-bond acceptors (Lipinski definition) is 2. The molecule has 118 valence electrons. The molecule has 1 aliphatic heterocycles. The first-order valence-corrected chi connectivity index (χ1v) is 8.02. The SMILES string of the molecule is CC1CC1C(=O)N1CCN(C(=O)Nc2cccc(Cl)c2)CC1. The summed E-state index contributed by atoms with van der Waals surface area (Å²) >= 11 is 5.91. The normalized spacial score (nSPS) is 24.1. The monoisotopic (exact) mass is 321 g/mol. The highest BCUT2D eigenvalue weighted by Gasteiger charge is 2.42. The van der Waals surface area contributed by atoms with Gasteiger partial charge in [-0.25, -0.2) is 4.79 Å². The van der Waals surface area contributed by atoms with Crippen LogP contribution in [0.5, 0.6) is 0 Å². The highest BCUT2D eigenvalue weighted by Crippen LogP contribution is 2.39. The molecule has 0 spiro atoms. The number of nitrogens with one attached hydrogen (secondary N) is 1. The van der Waals surface area contributed by atoms with Crippen LogP contribution in [0, 0.1) is 11.8 Å². The van der Waals surface area contributed by atoms with E-state index in [2.05, 4.69) is 12.2 Å². The first-order chi connectivity index (χ1) is 10.5. The molecule has 2 fully saturated rings. The van der Waals surface area contributed by atoms with Crippen LogP contribution in [0.15, 0.2) is 24.3 Å². The number of carbonyl (C=O) groups is 2. The van der Waals surface area contributed by atoms with Gasteiger partial charge in [0.25, 0.3) is 0 Å². The van der Waals surface area contributed by atoms with Crippen molar-refractivity contribution in [3.63, 3.8) is 0 Å². The summed E-state index contributed by atoms with van der Waals surface area (Å²) in [5.74, 6) is 0.992. The summed E-state index contributed by atoms with van der Waals surface area (Å²) in [6.45, 7) is 4.48. The molecule has 1 aromatic carbocycles. The molecule has 5 nitrogen and oxygen atoms in total. The van der Waals surface area contributed by atoms with E-state index < -0.39 is 0 Å². The summed E-state index contributed by atoms with van der Waals surface area (Å²) < 4.78 is 0. The zero-order valence-electron chi connectivity index (χ0n) is 12.6. The topological polar surface area (TPSA) is 52.7 Å². The molecule has 1 saturated heterocycles. The second kappa shape index (κ2) is 6.16. The highest BCUT2D eigenvalue weighted by atomic mass is 35.5. The maximum atomic E-state index is 12.2. The third-order valence-corrected chi connectivity index (χ3v) is 4.62. The largest absolute Gasteiger partial charge is 0.339 e. The molecular weight excluding hydrogens is 302 g/mol. The van der Waals surface area contributed by atoms with E-state index >= 15 is 0 Å². The van der Waals surface area contributed by atoms with Gasteiger partial charge in [0.15, 0.2) is 0 Å². The van der Waals surface area contributed by atoms with Gasteiger partial charge in [0.1, 0.15) is 0 Å². The Morgan fingerprint density at radius 3 is 2.41 bits per heavy atom. The molecule has 2 unspecified atom stereocenters. The van der Waals surface area contributed by atoms with Crippen LogP contribution in [0.1, 0.15) is 13.3 Å². The Hall–Kier alpha value is -1.75. The summed E-state index contributed by atoms with van der Waals surface area (Å²) in [5, 5.41) is 3.43. The summed E-state index contributed by atoms with van der Waals surface area (Å²) in [5.41, 5.74) is 0.683. The number of benzene rings is 1. The van der Waals surface area contributed by atoms with Crippen LogP contribution in [0.25, 0.3) is 0 Å².